The van der Waals surface area contributed by atoms with Gasteiger partial charge in [-0.1, -0.05) is 31.2 Å². The van der Waals surface area contributed by atoms with E-state index in [1.54, 1.807) is 0 Å². The first-order valence-electron chi connectivity index (χ1n) is 7.34. The summed E-state index contributed by atoms with van der Waals surface area (Å²) in [5.41, 5.74) is 7.53. The fraction of sp³-hybridized carbons (Fsp3) is 0.500. The number of fused-ring (bicyclic) bond motifs is 1. The fourth-order valence-corrected chi connectivity index (χ4v) is 2.81. The molecule has 0 radical (unpaired) electrons. The van der Waals surface area contributed by atoms with Gasteiger partial charge in [-0.2, -0.15) is 0 Å². The van der Waals surface area contributed by atoms with Crippen LogP contribution in [0.25, 0.3) is 0 Å². The van der Waals surface area contributed by atoms with Crippen LogP contribution in [0.3, 0.4) is 0 Å². The van der Waals surface area contributed by atoms with Crippen molar-refractivity contribution in [1.82, 2.24) is 4.90 Å². The van der Waals surface area contributed by atoms with Crippen molar-refractivity contribution in [1.29, 1.82) is 0 Å². The topological polar surface area (TPSA) is 83.6 Å². The first kappa shape index (κ1) is 15.5. The van der Waals surface area contributed by atoms with Crippen LogP contribution < -0.4 is 5.73 Å². The number of rotatable bonds is 5. The lowest BCUT2D eigenvalue weighted by Gasteiger charge is -2.36. The molecule has 0 fully saturated rings. The molecule has 1 aromatic rings. The van der Waals surface area contributed by atoms with Crippen molar-refractivity contribution in [2.24, 2.45) is 11.7 Å². The van der Waals surface area contributed by atoms with Crippen LogP contribution in [-0.4, -0.2) is 34.5 Å². The van der Waals surface area contributed by atoms with Gasteiger partial charge in [0.2, 0.25) is 5.91 Å². The van der Waals surface area contributed by atoms with Crippen molar-refractivity contribution in [2.75, 3.05) is 6.54 Å². The van der Waals surface area contributed by atoms with E-state index in [0.29, 0.717) is 25.9 Å². The van der Waals surface area contributed by atoms with E-state index in [9.17, 15) is 14.7 Å². The number of carboxylic acid groups (broad SMARTS) is 1. The van der Waals surface area contributed by atoms with Crippen molar-refractivity contribution in [3.05, 3.63) is 35.4 Å². The maximum atomic E-state index is 12.6. The van der Waals surface area contributed by atoms with Crippen LogP contribution >= 0.6 is 0 Å². The molecule has 2 atom stereocenters. The van der Waals surface area contributed by atoms with Crippen LogP contribution in [0.5, 0.6) is 0 Å². The molecule has 1 unspecified atom stereocenters. The lowest BCUT2D eigenvalue weighted by molar-refractivity contribution is -0.153. The Morgan fingerprint density at radius 3 is 2.67 bits per heavy atom. The normalized spacial score (nSPS) is 19.0. The van der Waals surface area contributed by atoms with Crippen LogP contribution in [0.15, 0.2) is 24.3 Å². The second-order valence-corrected chi connectivity index (χ2v) is 5.62. The molecule has 1 aromatic carbocycles. The van der Waals surface area contributed by atoms with E-state index < -0.39 is 12.0 Å². The third-order valence-corrected chi connectivity index (χ3v) is 4.08. The fourth-order valence-electron chi connectivity index (χ4n) is 2.81. The monoisotopic (exact) mass is 290 g/mol. The van der Waals surface area contributed by atoms with Gasteiger partial charge in [0.25, 0.3) is 0 Å². The predicted molar refractivity (Wildman–Crippen MR) is 79.6 cm³/mol. The van der Waals surface area contributed by atoms with Crippen molar-refractivity contribution in [3.8, 4) is 0 Å². The summed E-state index contributed by atoms with van der Waals surface area (Å²) in [7, 11) is 0. The number of hydrogen-bond acceptors (Lipinski definition) is 3. The second kappa shape index (κ2) is 6.72. The summed E-state index contributed by atoms with van der Waals surface area (Å²) in [6.45, 7) is 2.76. The van der Waals surface area contributed by atoms with Gasteiger partial charge in [0, 0.05) is 18.9 Å². The Balaban J connectivity index is 2.20. The quantitative estimate of drug-likeness (QED) is 0.858. The molecule has 5 heteroatoms. The number of nitrogens with two attached hydrogens (primary N) is 1. The molecule has 1 aliphatic heterocycles. The highest BCUT2D eigenvalue weighted by Gasteiger charge is 2.35. The number of hydrogen-bond donors (Lipinski definition) is 2. The summed E-state index contributed by atoms with van der Waals surface area (Å²) < 4.78 is 0. The molecule has 21 heavy (non-hydrogen) atoms. The largest absolute Gasteiger partial charge is 0.480 e. The molecule has 0 aliphatic carbocycles. The van der Waals surface area contributed by atoms with Crippen LogP contribution in [0.4, 0.5) is 0 Å². The minimum Gasteiger partial charge on any atom is -0.480 e. The van der Waals surface area contributed by atoms with E-state index >= 15 is 0 Å². The summed E-state index contributed by atoms with van der Waals surface area (Å²) in [5, 5.41) is 9.43. The molecule has 0 bridgehead atoms. The Morgan fingerprint density at radius 2 is 2.05 bits per heavy atom. The summed E-state index contributed by atoms with van der Waals surface area (Å²) >= 11 is 0. The molecule has 2 rings (SSSR count). The van der Waals surface area contributed by atoms with E-state index in [0.717, 1.165) is 17.5 Å². The van der Waals surface area contributed by atoms with Crippen LogP contribution in [0.2, 0.25) is 0 Å². The molecule has 3 N–H and O–H groups in total. The minimum atomic E-state index is -0.941. The minimum absolute atomic E-state index is 0.0923. The van der Waals surface area contributed by atoms with Gasteiger partial charge < -0.3 is 15.7 Å². The van der Waals surface area contributed by atoms with Gasteiger partial charge in [-0.05, 0) is 30.5 Å². The number of carbonyl (C=O) groups excluding carboxylic acids is 1. The summed E-state index contributed by atoms with van der Waals surface area (Å²) in [6.07, 6.45) is 1.84. The highest BCUT2D eigenvalue weighted by Crippen LogP contribution is 2.25. The predicted octanol–water partition coefficient (Wildman–Crippen LogP) is 1.40. The zero-order valence-corrected chi connectivity index (χ0v) is 12.3. The van der Waals surface area contributed by atoms with Gasteiger partial charge in [-0.3, -0.25) is 4.79 Å². The molecule has 0 saturated carbocycles. The van der Waals surface area contributed by atoms with E-state index in [2.05, 4.69) is 0 Å². The van der Waals surface area contributed by atoms with Crippen molar-refractivity contribution >= 4 is 11.9 Å². The van der Waals surface area contributed by atoms with Gasteiger partial charge in [0.1, 0.15) is 6.04 Å². The lowest BCUT2D eigenvalue weighted by atomic mass is 9.92. The Hall–Kier alpha value is -1.88. The smallest absolute Gasteiger partial charge is 0.326 e. The molecular formula is C16H22N2O3. The van der Waals surface area contributed by atoms with E-state index in [1.807, 2.05) is 31.2 Å². The van der Waals surface area contributed by atoms with Gasteiger partial charge in [0.15, 0.2) is 0 Å². The molecule has 114 valence electrons. The Labute approximate surface area is 124 Å². The number of carbonyl (C=O) groups is 2. The average molecular weight is 290 g/mol. The number of nitrogens with zero attached hydrogens (tertiary/aromatic N) is 1. The van der Waals surface area contributed by atoms with E-state index in [1.165, 1.54) is 4.90 Å². The summed E-state index contributed by atoms with van der Waals surface area (Å²) in [6, 6.07) is 6.94. The SMILES string of the molecule is CC(CCCN)C(=O)N1Cc2ccccc2C[C@@H]1C(=O)O. The number of amides is 1. The first-order valence-corrected chi connectivity index (χ1v) is 7.34. The van der Waals surface area contributed by atoms with Crippen LogP contribution in [-0.2, 0) is 22.6 Å². The maximum absolute atomic E-state index is 12.6. The Bertz CT molecular complexity index is 530. The summed E-state index contributed by atoms with van der Waals surface area (Å²) in [5.74, 6) is -1.23. The Morgan fingerprint density at radius 1 is 1.38 bits per heavy atom. The molecule has 1 heterocycles. The second-order valence-electron chi connectivity index (χ2n) is 5.62. The maximum Gasteiger partial charge on any atom is 0.326 e. The van der Waals surface area contributed by atoms with Gasteiger partial charge in [0.05, 0.1) is 0 Å². The highest BCUT2D eigenvalue weighted by atomic mass is 16.4. The first-order chi connectivity index (χ1) is 10.0. The molecule has 1 aliphatic rings. The number of aliphatic carboxylic acids is 1. The van der Waals surface area contributed by atoms with E-state index in [4.69, 9.17) is 5.73 Å². The number of benzene rings is 1. The lowest BCUT2D eigenvalue weighted by Crippen LogP contribution is -2.50. The van der Waals surface area contributed by atoms with Gasteiger partial charge >= 0.3 is 5.97 Å². The van der Waals surface area contributed by atoms with Gasteiger partial charge in [-0.25, -0.2) is 4.79 Å². The van der Waals surface area contributed by atoms with Crippen molar-refractivity contribution in [3.63, 3.8) is 0 Å². The third kappa shape index (κ3) is 3.42. The van der Waals surface area contributed by atoms with Crippen molar-refractivity contribution < 1.29 is 14.7 Å². The molecular weight excluding hydrogens is 268 g/mol. The highest BCUT2D eigenvalue weighted by molar-refractivity contribution is 5.85. The number of carboxylic acids is 1. The molecule has 0 aromatic heterocycles. The van der Waals surface area contributed by atoms with Crippen LogP contribution in [0, 0.1) is 5.92 Å². The molecule has 1 amide bonds. The molecule has 0 saturated heterocycles. The van der Waals surface area contributed by atoms with Crippen molar-refractivity contribution in [2.45, 2.75) is 38.8 Å². The van der Waals surface area contributed by atoms with Crippen LogP contribution in [0.1, 0.15) is 30.9 Å². The zero-order valence-electron chi connectivity index (χ0n) is 12.3. The Kier molecular flexibility index (Phi) is 4.96. The van der Waals surface area contributed by atoms with E-state index in [-0.39, 0.29) is 11.8 Å². The average Bonchev–Trinajstić information content (AvgIpc) is 2.50. The zero-order chi connectivity index (χ0) is 15.4. The summed E-state index contributed by atoms with van der Waals surface area (Å²) in [4.78, 5) is 25.6. The van der Waals surface area contributed by atoms with Gasteiger partial charge in [-0.15, -0.1) is 0 Å². The molecule has 5 nitrogen and oxygen atoms in total. The third-order valence-electron chi connectivity index (χ3n) is 4.08. The standard InChI is InChI=1S/C16H22N2O3/c1-11(5-4-8-17)15(19)18-10-13-7-3-2-6-12(13)9-14(18)16(20)21/h2-3,6-7,11,14H,4-5,8-10,17H2,1H3,(H,20,21)/t11?,14-/m1/s1. The molecule has 0 spiro atoms.